The fourth-order valence-corrected chi connectivity index (χ4v) is 1.61. The summed E-state index contributed by atoms with van der Waals surface area (Å²) in [6.45, 7) is 0. The summed E-state index contributed by atoms with van der Waals surface area (Å²) in [7, 11) is 1.67. The molecule has 11 heavy (non-hydrogen) atoms. The number of aromatic nitrogens is 1. The predicted molar refractivity (Wildman–Crippen MR) is 46.2 cm³/mol. The molecule has 1 aromatic heterocycles. The first-order valence-electron chi connectivity index (χ1n) is 3.28. The van der Waals surface area contributed by atoms with Crippen LogP contribution in [0.4, 0.5) is 0 Å². The molecule has 0 radical (unpaired) electrons. The standard InChI is InChI=1S/C8H7NOS/c1-10-7-2-3-8-6(4-7)5-11-9-8/h2-5H,1H3. The fourth-order valence-electron chi connectivity index (χ4n) is 0.977. The second kappa shape index (κ2) is 2.51. The van der Waals surface area contributed by atoms with Gasteiger partial charge < -0.3 is 4.74 Å². The molecule has 0 saturated heterocycles. The van der Waals surface area contributed by atoms with E-state index in [4.69, 9.17) is 4.74 Å². The van der Waals surface area contributed by atoms with E-state index in [0.717, 1.165) is 16.7 Å². The minimum Gasteiger partial charge on any atom is -0.497 e. The second-order valence-corrected chi connectivity index (χ2v) is 2.87. The first kappa shape index (κ1) is 6.61. The number of nitrogens with zero attached hydrogens (tertiary/aromatic N) is 1. The third kappa shape index (κ3) is 1.07. The van der Waals surface area contributed by atoms with Gasteiger partial charge in [-0.3, -0.25) is 0 Å². The van der Waals surface area contributed by atoms with E-state index in [1.54, 1.807) is 7.11 Å². The Bertz CT molecular complexity index is 369. The van der Waals surface area contributed by atoms with E-state index in [0.29, 0.717) is 0 Å². The van der Waals surface area contributed by atoms with Gasteiger partial charge in [-0.1, -0.05) is 0 Å². The molecule has 0 atom stereocenters. The van der Waals surface area contributed by atoms with Crippen LogP contribution in [-0.4, -0.2) is 11.5 Å². The lowest BCUT2D eigenvalue weighted by Crippen LogP contribution is -1.80. The molecule has 3 heteroatoms. The summed E-state index contributed by atoms with van der Waals surface area (Å²) in [6, 6.07) is 5.87. The van der Waals surface area contributed by atoms with Gasteiger partial charge in [0.25, 0.3) is 0 Å². The molecule has 1 heterocycles. The summed E-state index contributed by atoms with van der Waals surface area (Å²) in [4.78, 5) is 0. The lowest BCUT2D eigenvalue weighted by atomic mass is 10.2. The average Bonchev–Trinajstić information content (AvgIpc) is 2.50. The van der Waals surface area contributed by atoms with E-state index in [2.05, 4.69) is 4.37 Å². The molecule has 0 aliphatic rings. The highest BCUT2D eigenvalue weighted by Crippen LogP contribution is 2.20. The number of hydrogen-bond donors (Lipinski definition) is 0. The van der Waals surface area contributed by atoms with Gasteiger partial charge in [0.1, 0.15) is 5.75 Å². The SMILES string of the molecule is COc1ccc2nscc2c1. The minimum absolute atomic E-state index is 0.887. The summed E-state index contributed by atoms with van der Waals surface area (Å²) >= 11 is 1.47. The maximum atomic E-state index is 5.07. The molecule has 0 amide bonds. The van der Waals surface area contributed by atoms with Crippen molar-refractivity contribution in [1.82, 2.24) is 4.37 Å². The number of fused-ring (bicyclic) bond motifs is 1. The van der Waals surface area contributed by atoms with Crippen molar-refractivity contribution in [3.63, 3.8) is 0 Å². The quantitative estimate of drug-likeness (QED) is 0.646. The van der Waals surface area contributed by atoms with Crippen LogP contribution in [0.5, 0.6) is 5.75 Å². The summed E-state index contributed by atoms with van der Waals surface area (Å²) in [5, 5.41) is 3.16. The molecule has 2 nitrogen and oxygen atoms in total. The number of methoxy groups -OCH3 is 1. The van der Waals surface area contributed by atoms with Crippen LogP contribution < -0.4 is 4.74 Å². The molecular weight excluding hydrogens is 158 g/mol. The average molecular weight is 165 g/mol. The molecule has 2 aromatic rings. The lowest BCUT2D eigenvalue weighted by molar-refractivity contribution is 0.415. The third-order valence-electron chi connectivity index (χ3n) is 1.57. The topological polar surface area (TPSA) is 22.1 Å². The van der Waals surface area contributed by atoms with E-state index in [-0.39, 0.29) is 0 Å². The van der Waals surface area contributed by atoms with Crippen LogP contribution in [0.2, 0.25) is 0 Å². The third-order valence-corrected chi connectivity index (χ3v) is 2.23. The molecular formula is C8H7NOS. The summed E-state index contributed by atoms with van der Waals surface area (Å²) in [5.41, 5.74) is 1.04. The van der Waals surface area contributed by atoms with Crippen LogP contribution in [0, 0.1) is 0 Å². The molecule has 56 valence electrons. The number of ether oxygens (including phenoxy) is 1. The van der Waals surface area contributed by atoms with Gasteiger partial charge in [-0.2, -0.15) is 4.37 Å². The normalized spacial score (nSPS) is 10.3. The monoisotopic (exact) mass is 165 g/mol. The summed E-state index contributed by atoms with van der Waals surface area (Å²) in [6.07, 6.45) is 0. The maximum Gasteiger partial charge on any atom is 0.119 e. The number of rotatable bonds is 1. The zero-order valence-corrected chi connectivity index (χ0v) is 6.89. The van der Waals surface area contributed by atoms with Crippen LogP contribution in [0.3, 0.4) is 0 Å². The van der Waals surface area contributed by atoms with Crippen molar-refractivity contribution in [2.75, 3.05) is 7.11 Å². The van der Waals surface area contributed by atoms with Gasteiger partial charge >= 0.3 is 0 Å². The van der Waals surface area contributed by atoms with E-state index >= 15 is 0 Å². The highest BCUT2D eigenvalue weighted by Gasteiger charge is 1.96. The molecule has 0 fully saturated rings. The molecule has 0 N–H and O–H groups in total. The molecule has 2 rings (SSSR count). The van der Waals surface area contributed by atoms with Crippen molar-refractivity contribution in [1.29, 1.82) is 0 Å². The van der Waals surface area contributed by atoms with Crippen LogP contribution in [0.25, 0.3) is 10.9 Å². The Hall–Kier alpha value is -1.09. The van der Waals surface area contributed by atoms with Crippen molar-refractivity contribution in [3.05, 3.63) is 23.6 Å². The number of benzene rings is 1. The highest BCUT2D eigenvalue weighted by atomic mass is 32.1. The van der Waals surface area contributed by atoms with Gasteiger partial charge in [0.05, 0.1) is 12.6 Å². The van der Waals surface area contributed by atoms with E-state index < -0.39 is 0 Å². The van der Waals surface area contributed by atoms with Crippen LogP contribution in [0.15, 0.2) is 23.6 Å². The molecule has 0 aliphatic carbocycles. The smallest absolute Gasteiger partial charge is 0.119 e. The molecule has 0 bridgehead atoms. The van der Waals surface area contributed by atoms with Crippen molar-refractivity contribution in [3.8, 4) is 5.75 Å². The molecule has 0 spiro atoms. The highest BCUT2D eigenvalue weighted by molar-refractivity contribution is 7.04. The molecule has 1 aromatic carbocycles. The largest absolute Gasteiger partial charge is 0.497 e. The van der Waals surface area contributed by atoms with Crippen molar-refractivity contribution < 1.29 is 4.74 Å². The predicted octanol–water partition coefficient (Wildman–Crippen LogP) is 2.30. The van der Waals surface area contributed by atoms with E-state index in [9.17, 15) is 0 Å². The van der Waals surface area contributed by atoms with Gasteiger partial charge in [-0.15, -0.1) is 0 Å². The first-order valence-corrected chi connectivity index (χ1v) is 4.12. The Morgan fingerprint density at radius 2 is 2.36 bits per heavy atom. The Morgan fingerprint density at radius 1 is 1.45 bits per heavy atom. The summed E-state index contributed by atoms with van der Waals surface area (Å²) < 4.78 is 9.25. The lowest BCUT2D eigenvalue weighted by Gasteiger charge is -1.96. The Balaban J connectivity index is 2.67. The van der Waals surface area contributed by atoms with Crippen molar-refractivity contribution >= 4 is 22.4 Å². The number of hydrogen-bond acceptors (Lipinski definition) is 3. The van der Waals surface area contributed by atoms with Crippen LogP contribution >= 0.6 is 11.5 Å². The van der Waals surface area contributed by atoms with E-state index in [1.165, 1.54) is 11.5 Å². The van der Waals surface area contributed by atoms with Crippen molar-refractivity contribution in [2.45, 2.75) is 0 Å². The van der Waals surface area contributed by atoms with Crippen molar-refractivity contribution in [2.24, 2.45) is 0 Å². The van der Waals surface area contributed by atoms with E-state index in [1.807, 2.05) is 23.6 Å². The zero-order chi connectivity index (χ0) is 7.68. The molecule has 0 saturated carbocycles. The van der Waals surface area contributed by atoms with Gasteiger partial charge in [0.2, 0.25) is 0 Å². The Labute approximate surface area is 68.6 Å². The van der Waals surface area contributed by atoms with Gasteiger partial charge in [-0.25, -0.2) is 0 Å². The fraction of sp³-hybridized carbons (Fsp3) is 0.125. The minimum atomic E-state index is 0.887. The second-order valence-electron chi connectivity index (χ2n) is 2.24. The van der Waals surface area contributed by atoms with Crippen LogP contribution in [0.1, 0.15) is 0 Å². The molecule has 0 unspecified atom stereocenters. The maximum absolute atomic E-state index is 5.07. The zero-order valence-electron chi connectivity index (χ0n) is 6.07. The first-order chi connectivity index (χ1) is 5.40. The summed E-state index contributed by atoms with van der Waals surface area (Å²) in [5.74, 6) is 0.887. The van der Waals surface area contributed by atoms with Crippen LogP contribution in [-0.2, 0) is 0 Å². The Kier molecular flexibility index (Phi) is 1.51. The van der Waals surface area contributed by atoms with Gasteiger partial charge in [-0.05, 0) is 29.7 Å². The van der Waals surface area contributed by atoms with Gasteiger partial charge in [0, 0.05) is 10.8 Å². The molecule has 0 aliphatic heterocycles. The Morgan fingerprint density at radius 3 is 3.18 bits per heavy atom. The van der Waals surface area contributed by atoms with Gasteiger partial charge in [0.15, 0.2) is 0 Å².